The molecular weight excluding hydrogens is 314 g/mol. The van der Waals surface area contributed by atoms with Crippen LogP contribution in [-0.2, 0) is 6.54 Å². The summed E-state index contributed by atoms with van der Waals surface area (Å²) in [5.74, 6) is 1.13. The average molecular weight is 339 g/mol. The van der Waals surface area contributed by atoms with E-state index in [0.717, 1.165) is 24.4 Å². The molecule has 132 valence electrons. The van der Waals surface area contributed by atoms with Gasteiger partial charge in [-0.05, 0) is 31.9 Å². The van der Waals surface area contributed by atoms with Crippen LogP contribution in [0.3, 0.4) is 0 Å². The summed E-state index contributed by atoms with van der Waals surface area (Å²) < 4.78 is 0. The number of carbonyl (C=O) groups excluding carboxylic acids is 1. The zero-order chi connectivity index (χ0) is 17.5. The van der Waals surface area contributed by atoms with Crippen LogP contribution in [0, 0.1) is 6.92 Å². The molecular formula is C19H25N5O. The lowest BCUT2D eigenvalue weighted by atomic mass is 10.1. The van der Waals surface area contributed by atoms with Gasteiger partial charge in [-0.3, -0.25) is 9.78 Å². The molecule has 2 N–H and O–H groups in total. The van der Waals surface area contributed by atoms with E-state index in [1.165, 1.54) is 25.7 Å². The van der Waals surface area contributed by atoms with Crippen molar-refractivity contribution in [2.24, 2.45) is 0 Å². The fraction of sp³-hybridized carbons (Fsp3) is 0.474. The molecule has 3 rings (SSSR count). The highest BCUT2D eigenvalue weighted by atomic mass is 16.1. The number of nitrogens with zero attached hydrogens (tertiary/aromatic N) is 3. The minimum Gasteiger partial charge on any atom is -0.367 e. The molecule has 1 aliphatic rings. The minimum atomic E-state index is -0.208. The molecule has 2 aromatic rings. The molecule has 0 radical (unpaired) electrons. The van der Waals surface area contributed by atoms with Crippen molar-refractivity contribution in [3.05, 3.63) is 47.7 Å². The second-order valence-electron chi connectivity index (χ2n) is 6.52. The van der Waals surface area contributed by atoms with Gasteiger partial charge in [0.05, 0.1) is 12.2 Å². The van der Waals surface area contributed by atoms with Gasteiger partial charge in [-0.1, -0.05) is 31.7 Å². The first kappa shape index (κ1) is 17.3. The summed E-state index contributed by atoms with van der Waals surface area (Å²) in [4.78, 5) is 25.3. The maximum absolute atomic E-state index is 12.4. The molecule has 0 unspecified atom stereocenters. The van der Waals surface area contributed by atoms with Gasteiger partial charge in [-0.15, -0.1) is 0 Å². The number of amides is 1. The van der Waals surface area contributed by atoms with Crippen molar-refractivity contribution in [1.29, 1.82) is 0 Å². The molecule has 2 heterocycles. The maximum atomic E-state index is 12.4. The number of pyridine rings is 1. The Morgan fingerprint density at radius 2 is 1.96 bits per heavy atom. The van der Waals surface area contributed by atoms with Crippen molar-refractivity contribution in [3.63, 3.8) is 0 Å². The summed E-state index contributed by atoms with van der Waals surface area (Å²) in [6.07, 6.45) is 9.14. The normalized spacial score (nSPS) is 15.4. The number of hydrogen-bond donors (Lipinski definition) is 2. The van der Waals surface area contributed by atoms with E-state index < -0.39 is 0 Å². The molecule has 1 aliphatic carbocycles. The van der Waals surface area contributed by atoms with Crippen LogP contribution in [0.1, 0.15) is 60.5 Å². The molecule has 1 amide bonds. The first-order valence-corrected chi connectivity index (χ1v) is 9.01. The zero-order valence-corrected chi connectivity index (χ0v) is 14.7. The van der Waals surface area contributed by atoms with Crippen LogP contribution in [0.2, 0.25) is 0 Å². The van der Waals surface area contributed by atoms with Gasteiger partial charge >= 0.3 is 0 Å². The van der Waals surface area contributed by atoms with Gasteiger partial charge in [0.15, 0.2) is 0 Å². The number of aryl methyl sites for hydroxylation is 1. The third kappa shape index (κ3) is 5.24. The topological polar surface area (TPSA) is 79.8 Å². The standard InChI is InChI=1S/C19H25N5O/c1-14-22-17(19(25)21-13-16-10-6-7-11-20-16)12-18(23-14)24-15-8-4-2-3-5-9-15/h6-7,10-12,15H,2-5,8-9,13H2,1H3,(H,21,25)(H,22,23,24). The Hall–Kier alpha value is -2.50. The fourth-order valence-corrected chi connectivity index (χ4v) is 3.15. The van der Waals surface area contributed by atoms with Gasteiger partial charge < -0.3 is 10.6 Å². The molecule has 0 aliphatic heterocycles. The third-order valence-electron chi connectivity index (χ3n) is 4.43. The van der Waals surface area contributed by atoms with Crippen molar-refractivity contribution in [2.75, 3.05) is 5.32 Å². The van der Waals surface area contributed by atoms with Crippen molar-refractivity contribution in [2.45, 2.75) is 58.0 Å². The Balaban J connectivity index is 1.64. The molecule has 0 saturated heterocycles. The molecule has 1 fully saturated rings. The van der Waals surface area contributed by atoms with Gasteiger partial charge in [0, 0.05) is 18.3 Å². The molecule has 25 heavy (non-hydrogen) atoms. The van der Waals surface area contributed by atoms with E-state index in [9.17, 15) is 4.79 Å². The predicted molar refractivity (Wildman–Crippen MR) is 97.3 cm³/mol. The molecule has 0 bridgehead atoms. The Morgan fingerprint density at radius 1 is 1.16 bits per heavy atom. The summed E-state index contributed by atoms with van der Waals surface area (Å²) in [5, 5.41) is 6.35. The summed E-state index contributed by atoms with van der Waals surface area (Å²) in [7, 11) is 0. The number of hydrogen-bond acceptors (Lipinski definition) is 5. The summed E-state index contributed by atoms with van der Waals surface area (Å²) in [6.45, 7) is 2.20. The molecule has 6 heteroatoms. The summed E-state index contributed by atoms with van der Waals surface area (Å²) >= 11 is 0. The van der Waals surface area contributed by atoms with E-state index in [-0.39, 0.29) is 5.91 Å². The summed E-state index contributed by atoms with van der Waals surface area (Å²) in [6, 6.07) is 7.81. The van der Waals surface area contributed by atoms with E-state index in [2.05, 4.69) is 25.6 Å². The Kier molecular flexibility index (Phi) is 5.93. The van der Waals surface area contributed by atoms with Crippen LogP contribution in [0.15, 0.2) is 30.5 Å². The fourth-order valence-electron chi connectivity index (χ4n) is 3.15. The number of rotatable bonds is 5. The SMILES string of the molecule is Cc1nc(NC2CCCCCC2)cc(C(=O)NCc2ccccn2)n1. The van der Waals surface area contributed by atoms with Crippen LogP contribution in [0.5, 0.6) is 0 Å². The molecule has 0 atom stereocenters. The highest BCUT2D eigenvalue weighted by Crippen LogP contribution is 2.20. The third-order valence-corrected chi connectivity index (χ3v) is 4.43. The van der Waals surface area contributed by atoms with Crippen LogP contribution in [0.25, 0.3) is 0 Å². The first-order valence-electron chi connectivity index (χ1n) is 9.01. The van der Waals surface area contributed by atoms with Gasteiger partial charge in [0.1, 0.15) is 17.3 Å². The minimum absolute atomic E-state index is 0.208. The lowest BCUT2D eigenvalue weighted by molar-refractivity contribution is 0.0945. The van der Waals surface area contributed by atoms with E-state index in [4.69, 9.17) is 0 Å². The van der Waals surface area contributed by atoms with Crippen molar-refractivity contribution < 1.29 is 4.79 Å². The monoisotopic (exact) mass is 339 g/mol. The Labute approximate surface area is 148 Å². The maximum Gasteiger partial charge on any atom is 0.270 e. The van der Waals surface area contributed by atoms with Crippen molar-refractivity contribution in [3.8, 4) is 0 Å². The second-order valence-corrected chi connectivity index (χ2v) is 6.52. The van der Waals surface area contributed by atoms with Crippen LogP contribution >= 0.6 is 0 Å². The quantitative estimate of drug-likeness (QED) is 0.818. The lowest BCUT2D eigenvalue weighted by Crippen LogP contribution is -2.25. The highest BCUT2D eigenvalue weighted by molar-refractivity contribution is 5.92. The van der Waals surface area contributed by atoms with E-state index in [1.807, 2.05) is 25.1 Å². The van der Waals surface area contributed by atoms with E-state index in [0.29, 0.717) is 24.1 Å². The van der Waals surface area contributed by atoms with Crippen LogP contribution < -0.4 is 10.6 Å². The van der Waals surface area contributed by atoms with Crippen LogP contribution in [-0.4, -0.2) is 26.9 Å². The average Bonchev–Trinajstić information content (AvgIpc) is 2.89. The Bertz CT molecular complexity index is 696. The lowest BCUT2D eigenvalue weighted by Gasteiger charge is -2.17. The molecule has 0 aromatic carbocycles. The molecule has 2 aromatic heterocycles. The number of nitrogens with one attached hydrogen (secondary N) is 2. The second kappa shape index (κ2) is 8.55. The highest BCUT2D eigenvalue weighted by Gasteiger charge is 2.15. The Morgan fingerprint density at radius 3 is 2.68 bits per heavy atom. The van der Waals surface area contributed by atoms with E-state index >= 15 is 0 Å². The first-order chi connectivity index (χ1) is 12.2. The predicted octanol–water partition coefficient (Wildman–Crippen LogP) is 3.24. The molecule has 1 saturated carbocycles. The van der Waals surface area contributed by atoms with E-state index in [1.54, 1.807) is 12.3 Å². The van der Waals surface area contributed by atoms with Crippen molar-refractivity contribution >= 4 is 11.7 Å². The summed E-state index contributed by atoms with van der Waals surface area (Å²) in [5.41, 5.74) is 1.21. The smallest absolute Gasteiger partial charge is 0.270 e. The van der Waals surface area contributed by atoms with Gasteiger partial charge in [-0.25, -0.2) is 9.97 Å². The molecule has 0 spiro atoms. The molecule has 6 nitrogen and oxygen atoms in total. The van der Waals surface area contributed by atoms with Crippen LogP contribution in [0.4, 0.5) is 5.82 Å². The zero-order valence-electron chi connectivity index (χ0n) is 14.7. The van der Waals surface area contributed by atoms with Gasteiger partial charge in [0.25, 0.3) is 5.91 Å². The van der Waals surface area contributed by atoms with Gasteiger partial charge in [0.2, 0.25) is 0 Å². The van der Waals surface area contributed by atoms with Crippen molar-refractivity contribution in [1.82, 2.24) is 20.3 Å². The number of carbonyl (C=O) groups is 1. The van der Waals surface area contributed by atoms with Gasteiger partial charge in [-0.2, -0.15) is 0 Å². The number of aromatic nitrogens is 3. The number of anilines is 1. The largest absolute Gasteiger partial charge is 0.367 e.